The predicted octanol–water partition coefficient (Wildman–Crippen LogP) is 0.877. The van der Waals surface area contributed by atoms with Gasteiger partial charge in [0.25, 0.3) is 0 Å². The maximum absolute atomic E-state index is 11.7. The van der Waals surface area contributed by atoms with Crippen LogP contribution >= 0.6 is 0 Å². The Bertz CT molecular complexity index is 458. The normalized spacial score (nSPS) is 11.2. The van der Waals surface area contributed by atoms with Crippen LogP contribution < -0.4 is 9.62 Å². The third-order valence-electron chi connectivity index (χ3n) is 2.22. The van der Waals surface area contributed by atoms with Gasteiger partial charge in [0.2, 0.25) is 10.0 Å². The molecule has 2 N–H and O–H groups in total. The van der Waals surface area contributed by atoms with E-state index < -0.39 is 10.0 Å². The van der Waals surface area contributed by atoms with Gasteiger partial charge in [-0.25, -0.2) is 8.42 Å². The van der Waals surface area contributed by atoms with E-state index in [2.05, 4.69) is 4.72 Å². The van der Waals surface area contributed by atoms with Crippen LogP contribution in [0.5, 0.6) is 0 Å². The smallest absolute Gasteiger partial charge is 0.232 e. The average molecular weight is 258 g/mol. The van der Waals surface area contributed by atoms with Crippen LogP contribution in [0.4, 0.5) is 11.4 Å². The van der Waals surface area contributed by atoms with Gasteiger partial charge in [0, 0.05) is 20.7 Å². The first-order valence-corrected chi connectivity index (χ1v) is 6.99. The highest BCUT2D eigenvalue weighted by Gasteiger charge is 2.12. The van der Waals surface area contributed by atoms with Crippen molar-refractivity contribution in [1.29, 1.82) is 0 Å². The van der Waals surface area contributed by atoms with Gasteiger partial charge in [-0.2, -0.15) is 0 Å². The monoisotopic (exact) mass is 258 g/mol. The van der Waals surface area contributed by atoms with E-state index in [1.54, 1.807) is 12.1 Å². The molecule has 0 aliphatic rings. The Labute approximate surface area is 102 Å². The quantitative estimate of drug-likeness (QED) is 0.794. The molecule has 5 nitrogen and oxygen atoms in total. The van der Waals surface area contributed by atoms with Gasteiger partial charge in [-0.3, -0.25) is 4.72 Å². The summed E-state index contributed by atoms with van der Waals surface area (Å²) >= 11 is 0. The molecule has 0 spiro atoms. The highest BCUT2D eigenvalue weighted by Crippen LogP contribution is 2.24. The average Bonchev–Trinajstić information content (AvgIpc) is 2.26. The fourth-order valence-corrected chi connectivity index (χ4v) is 2.54. The summed E-state index contributed by atoms with van der Waals surface area (Å²) in [5.74, 6) is -0.0781. The van der Waals surface area contributed by atoms with E-state index in [0.717, 1.165) is 5.69 Å². The highest BCUT2D eigenvalue weighted by molar-refractivity contribution is 7.92. The maximum Gasteiger partial charge on any atom is 0.232 e. The predicted molar refractivity (Wildman–Crippen MR) is 69.9 cm³/mol. The summed E-state index contributed by atoms with van der Waals surface area (Å²) in [6, 6.07) is 7.17. The van der Waals surface area contributed by atoms with E-state index >= 15 is 0 Å². The zero-order chi connectivity index (χ0) is 12.9. The lowest BCUT2D eigenvalue weighted by molar-refractivity contribution is 0.295. The summed E-state index contributed by atoms with van der Waals surface area (Å²) in [5, 5.41) is 8.64. The number of hydrogen-bond acceptors (Lipinski definition) is 4. The molecule has 96 valence electrons. The molecule has 0 aromatic heterocycles. The van der Waals surface area contributed by atoms with E-state index in [1.165, 1.54) is 0 Å². The fraction of sp³-hybridized carbons (Fsp3) is 0.455. The van der Waals surface area contributed by atoms with Crippen molar-refractivity contribution in [3.05, 3.63) is 24.3 Å². The minimum Gasteiger partial charge on any atom is -0.396 e. The maximum atomic E-state index is 11.7. The van der Waals surface area contributed by atoms with Gasteiger partial charge in [-0.05, 0) is 18.6 Å². The number of para-hydroxylation sites is 2. The Morgan fingerprint density at radius 2 is 1.94 bits per heavy atom. The molecule has 0 fully saturated rings. The van der Waals surface area contributed by atoms with Gasteiger partial charge in [0.15, 0.2) is 0 Å². The van der Waals surface area contributed by atoms with Crippen LogP contribution in [0.25, 0.3) is 0 Å². The first kappa shape index (κ1) is 13.8. The van der Waals surface area contributed by atoms with Crippen molar-refractivity contribution < 1.29 is 13.5 Å². The van der Waals surface area contributed by atoms with Crippen molar-refractivity contribution in [2.75, 3.05) is 36.1 Å². The molecule has 0 saturated carbocycles. The molecule has 0 aliphatic heterocycles. The Balaban J connectivity index is 2.88. The summed E-state index contributed by atoms with van der Waals surface area (Å²) in [5.41, 5.74) is 1.36. The number of aliphatic hydroxyl groups excluding tert-OH is 1. The Kier molecular flexibility index (Phi) is 4.77. The standard InChI is InChI=1S/C11H18N2O3S/c1-13(2)11-7-4-3-6-10(11)12-17(15,16)9-5-8-14/h3-4,6-7,12,14H,5,8-9H2,1-2H3. The lowest BCUT2D eigenvalue weighted by Crippen LogP contribution is -2.20. The highest BCUT2D eigenvalue weighted by atomic mass is 32.2. The van der Waals surface area contributed by atoms with E-state index in [0.29, 0.717) is 5.69 Å². The summed E-state index contributed by atoms with van der Waals surface area (Å²) in [6.07, 6.45) is 0.236. The molecular formula is C11H18N2O3S. The molecule has 0 aliphatic carbocycles. The molecule has 1 aromatic carbocycles. The molecule has 0 heterocycles. The van der Waals surface area contributed by atoms with Crippen LogP contribution in [-0.2, 0) is 10.0 Å². The summed E-state index contributed by atoms with van der Waals surface area (Å²) in [7, 11) is 0.307. The zero-order valence-electron chi connectivity index (χ0n) is 10.0. The molecule has 1 aromatic rings. The lowest BCUT2D eigenvalue weighted by atomic mass is 10.2. The zero-order valence-corrected chi connectivity index (χ0v) is 10.9. The van der Waals surface area contributed by atoms with Gasteiger partial charge in [0.05, 0.1) is 17.1 Å². The minimum absolute atomic E-state index is 0.0781. The van der Waals surface area contributed by atoms with Crippen molar-refractivity contribution in [2.45, 2.75) is 6.42 Å². The molecule has 0 unspecified atom stereocenters. The van der Waals surface area contributed by atoms with Crippen LogP contribution in [0.1, 0.15) is 6.42 Å². The van der Waals surface area contributed by atoms with Gasteiger partial charge < -0.3 is 10.0 Å². The Hall–Kier alpha value is -1.27. The number of aliphatic hydroxyl groups is 1. The van der Waals surface area contributed by atoms with Crippen molar-refractivity contribution in [2.24, 2.45) is 0 Å². The molecule has 0 amide bonds. The molecule has 6 heteroatoms. The second-order valence-electron chi connectivity index (χ2n) is 3.91. The molecule has 0 radical (unpaired) electrons. The number of benzene rings is 1. The summed E-state index contributed by atoms with van der Waals surface area (Å²) < 4.78 is 25.9. The molecule has 0 atom stereocenters. The number of sulfonamides is 1. The van der Waals surface area contributed by atoms with Crippen LogP contribution in [0.2, 0.25) is 0 Å². The van der Waals surface area contributed by atoms with Gasteiger partial charge in [0.1, 0.15) is 0 Å². The summed E-state index contributed by atoms with van der Waals surface area (Å²) in [4.78, 5) is 1.84. The third kappa shape index (κ3) is 4.24. The van der Waals surface area contributed by atoms with E-state index in [4.69, 9.17) is 5.11 Å². The van der Waals surface area contributed by atoms with Crippen molar-refractivity contribution in [3.8, 4) is 0 Å². The van der Waals surface area contributed by atoms with Crippen LogP contribution in [-0.4, -0.2) is 40.0 Å². The Morgan fingerprint density at radius 1 is 1.29 bits per heavy atom. The topological polar surface area (TPSA) is 69.6 Å². The number of nitrogens with zero attached hydrogens (tertiary/aromatic N) is 1. The van der Waals surface area contributed by atoms with Gasteiger partial charge in [-0.1, -0.05) is 12.1 Å². The van der Waals surface area contributed by atoms with Crippen LogP contribution in [0, 0.1) is 0 Å². The van der Waals surface area contributed by atoms with E-state index in [1.807, 2.05) is 31.1 Å². The van der Waals surface area contributed by atoms with Gasteiger partial charge in [-0.15, -0.1) is 0 Å². The second kappa shape index (κ2) is 5.88. The first-order chi connectivity index (χ1) is 7.96. The minimum atomic E-state index is -3.39. The SMILES string of the molecule is CN(C)c1ccccc1NS(=O)(=O)CCCO. The molecule has 0 bridgehead atoms. The van der Waals surface area contributed by atoms with Crippen LogP contribution in [0.3, 0.4) is 0 Å². The van der Waals surface area contributed by atoms with Crippen LogP contribution in [0.15, 0.2) is 24.3 Å². The largest absolute Gasteiger partial charge is 0.396 e. The van der Waals surface area contributed by atoms with Crippen molar-refractivity contribution >= 4 is 21.4 Å². The second-order valence-corrected chi connectivity index (χ2v) is 5.75. The van der Waals surface area contributed by atoms with Crippen molar-refractivity contribution in [3.63, 3.8) is 0 Å². The first-order valence-electron chi connectivity index (χ1n) is 5.34. The number of hydrogen-bond donors (Lipinski definition) is 2. The van der Waals surface area contributed by atoms with Gasteiger partial charge >= 0.3 is 0 Å². The Morgan fingerprint density at radius 3 is 2.53 bits per heavy atom. The van der Waals surface area contributed by atoms with E-state index in [-0.39, 0.29) is 18.8 Å². The third-order valence-corrected chi connectivity index (χ3v) is 3.58. The van der Waals surface area contributed by atoms with Crippen molar-refractivity contribution in [1.82, 2.24) is 0 Å². The summed E-state index contributed by atoms with van der Waals surface area (Å²) in [6.45, 7) is -0.129. The molecule has 1 rings (SSSR count). The molecule has 0 saturated heterocycles. The lowest BCUT2D eigenvalue weighted by Gasteiger charge is -2.18. The number of anilines is 2. The fourth-order valence-electron chi connectivity index (χ4n) is 1.42. The molecule has 17 heavy (non-hydrogen) atoms. The van der Waals surface area contributed by atoms with E-state index in [9.17, 15) is 8.42 Å². The number of rotatable bonds is 6. The number of nitrogens with one attached hydrogen (secondary N) is 1. The molecular weight excluding hydrogens is 240 g/mol.